The van der Waals surface area contributed by atoms with Crippen molar-refractivity contribution < 1.29 is 36.2 Å². The Labute approximate surface area is 200 Å². The maximum absolute atomic E-state index is 13.5. The molecule has 1 heterocycles. The van der Waals surface area contributed by atoms with Crippen LogP contribution in [0.25, 0.3) is 16.6 Å². The van der Waals surface area contributed by atoms with Crippen LogP contribution in [0.2, 0.25) is 0 Å². The molecule has 3 aromatic carbocycles. The highest BCUT2D eigenvalue weighted by atomic mass is 19.4. The highest BCUT2D eigenvalue weighted by molar-refractivity contribution is 5.78. The number of halogens is 6. The van der Waals surface area contributed by atoms with Crippen molar-refractivity contribution in [3.05, 3.63) is 100 Å². The molecule has 188 valence electrons. The Morgan fingerprint density at radius 3 is 2.11 bits per heavy atom. The highest BCUT2D eigenvalue weighted by Gasteiger charge is 2.72. The van der Waals surface area contributed by atoms with Gasteiger partial charge in [0.25, 0.3) is 11.2 Å². The number of hydrogen-bond donors (Lipinski definition) is 1. The van der Waals surface area contributed by atoms with E-state index in [-0.39, 0.29) is 23.3 Å². The fourth-order valence-corrected chi connectivity index (χ4v) is 3.93. The lowest BCUT2D eigenvalue weighted by atomic mass is 9.91. The Morgan fingerprint density at radius 2 is 1.50 bits per heavy atom. The van der Waals surface area contributed by atoms with E-state index in [4.69, 9.17) is 4.74 Å². The van der Waals surface area contributed by atoms with Gasteiger partial charge < -0.3 is 9.84 Å². The van der Waals surface area contributed by atoms with E-state index in [2.05, 4.69) is 4.98 Å². The lowest BCUT2D eigenvalue weighted by molar-refractivity contribution is -0.376. The normalized spacial score (nSPS) is 12.7. The van der Waals surface area contributed by atoms with Gasteiger partial charge in [-0.1, -0.05) is 42.5 Å². The molecule has 5 nitrogen and oxygen atoms in total. The number of benzene rings is 3. The molecule has 36 heavy (non-hydrogen) atoms. The molecule has 0 saturated carbocycles. The maximum atomic E-state index is 13.5. The van der Waals surface area contributed by atoms with E-state index in [9.17, 15) is 36.2 Å². The van der Waals surface area contributed by atoms with Crippen LogP contribution in [0.3, 0.4) is 0 Å². The predicted octanol–water partition coefficient (Wildman–Crippen LogP) is 5.30. The Balaban J connectivity index is 1.97. The molecule has 4 rings (SSSR count). The number of ether oxygens (including phenoxy) is 1. The molecule has 4 aromatic rings. The quantitative estimate of drug-likeness (QED) is 0.372. The van der Waals surface area contributed by atoms with Crippen molar-refractivity contribution in [2.45, 2.75) is 24.4 Å². The Kier molecular flexibility index (Phi) is 6.29. The van der Waals surface area contributed by atoms with Crippen LogP contribution < -0.4 is 10.3 Å². The average molecular weight is 508 g/mol. The third-order valence-corrected chi connectivity index (χ3v) is 5.70. The molecule has 0 amide bonds. The van der Waals surface area contributed by atoms with Gasteiger partial charge in [0.05, 0.1) is 23.7 Å². The zero-order valence-corrected chi connectivity index (χ0v) is 18.6. The number of nitrogens with zero attached hydrogens (tertiary/aromatic N) is 2. The summed E-state index contributed by atoms with van der Waals surface area (Å²) in [6.07, 6.45) is -12.1. The molecule has 0 unspecified atom stereocenters. The van der Waals surface area contributed by atoms with Crippen LogP contribution in [0.4, 0.5) is 26.3 Å². The van der Waals surface area contributed by atoms with Crippen molar-refractivity contribution in [2.24, 2.45) is 0 Å². The molecule has 0 bridgehead atoms. The lowest BCUT2D eigenvalue weighted by Crippen LogP contribution is -2.54. The molecule has 0 aliphatic carbocycles. The van der Waals surface area contributed by atoms with Crippen molar-refractivity contribution in [2.75, 3.05) is 7.11 Å². The number of hydrogen-bond acceptors (Lipinski definition) is 4. The summed E-state index contributed by atoms with van der Waals surface area (Å²) in [6.45, 7) is 0. The fraction of sp³-hybridized carbons (Fsp3) is 0.200. The first-order valence-corrected chi connectivity index (χ1v) is 10.5. The topological polar surface area (TPSA) is 64.4 Å². The van der Waals surface area contributed by atoms with E-state index < -0.39 is 34.8 Å². The predicted molar refractivity (Wildman–Crippen MR) is 119 cm³/mol. The van der Waals surface area contributed by atoms with E-state index in [1.54, 1.807) is 48.5 Å². The lowest BCUT2D eigenvalue weighted by Gasteiger charge is -2.33. The molecule has 0 spiro atoms. The van der Waals surface area contributed by atoms with E-state index in [1.807, 2.05) is 0 Å². The zero-order valence-electron chi connectivity index (χ0n) is 18.6. The molecule has 1 N–H and O–H groups in total. The first kappa shape index (κ1) is 25.2. The van der Waals surface area contributed by atoms with Crippen molar-refractivity contribution in [1.29, 1.82) is 0 Å². The van der Waals surface area contributed by atoms with Crippen molar-refractivity contribution in [1.82, 2.24) is 9.55 Å². The van der Waals surface area contributed by atoms with Crippen molar-refractivity contribution >= 4 is 10.9 Å². The standard InChI is InChI=1S/C25H18F6N2O3/c1-36-20-14-16(11-12-18(20)23(35,24(26,27)28)25(29,30)31)33-21(13-15-7-3-2-4-8-15)32-19-10-6-5-9-17(19)22(33)34/h2-12,14,35H,13H2,1H3. The van der Waals surface area contributed by atoms with Gasteiger partial charge in [-0.05, 0) is 29.8 Å². The first-order valence-electron chi connectivity index (χ1n) is 10.5. The van der Waals surface area contributed by atoms with Crippen LogP contribution >= 0.6 is 0 Å². The Hall–Kier alpha value is -3.86. The second-order valence-electron chi connectivity index (χ2n) is 7.94. The number of fused-ring (bicyclic) bond motifs is 1. The summed E-state index contributed by atoms with van der Waals surface area (Å²) in [5.41, 5.74) is -6.28. The number of rotatable bonds is 5. The second-order valence-corrected chi connectivity index (χ2v) is 7.94. The molecular weight excluding hydrogens is 490 g/mol. The highest BCUT2D eigenvalue weighted by Crippen LogP contribution is 2.52. The van der Waals surface area contributed by atoms with Gasteiger partial charge in [0.1, 0.15) is 11.6 Å². The summed E-state index contributed by atoms with van der Waals surface area (Å²) in [6, 6.07) is 17.5. The molecule has 1 aromatic heterocycles. The number of methoxy groups -OCH3 is 1. The van der Waals surface area contributed by atoms with Gasteiger partial charge in [-0.15, -0.1) is 0 Å². The van der Waals surface area contributed by atoms with E-state index >= 15 is 0 Å². The third kappa shape index (κ3) is 4.19. The van der Waals surface area contributed by atoms with Crippen LogP contribution in [-0.4, -0.2) is 34.1 Å². The van der Waals surface area contributed by atoms with Crippen LogP contribution in [0.1, 0.15) is 17.0 Å². The summed E-state index contributed by atoms with van der Waals surface area (Å²) < 4.78 is 86.8. The minimum Gasteiger partial charge on any atom is -0.496 e. The molecule has 0 aliphatic rings. The smallest absolute Gasteiger partial charge is 0.430 e. The third-order valence-electron chi connectivity index (χ3n) is 5.70. The summed E-state index contributed by atoms with van der Waals surface area (Å²) in [5, 5.41) is 10.1. The van der Waals surface area contributed by atoms with Crippen LogP contribution in [0.5, 0.6) is 5.75 Å². The number of aliphatic hydroxyl groups is 1. The maximum Gasteiger partial charge on any atom is 0.430 e. The Morgan fingerprint density at radius 1 is 0.889 bits per heavy atom. The monoisotopic (exact) mass is 508 g/mol. The first-order chi connectivity index (χ1) is 16.9. The SMILES string of the molecule is COc1cc(-n2c(Cc3ccccc3)nc3ccccc3c2=O)ccc1C(O)(C(F)(F)F)C(F)(F)F. The average Bonchev–Trinajstić information content (AvgIpc) is 2.82. The molecule has 0 atom stereocenters. The molecule has 0 saturated heterocycles. The van der Waals surface area contributed by atoms with Gasteiger partial charge >= 0.3 is 12.4 Å². The molecule has 0 radical (unpaired) electrons. The minimum atomic E-state index is -6.10. The zero-order chi connectivity index (χ0) is 26.3. The summed E-state index contributed by atoms with van der Waals surface area (Å²) in [7, 11) is 0.863. The Bertz CT molecular complexity index is 1450. The van der Waals surface area contributed by atoms with E-state index in [1.165, 1.54) is 6.07 Å². The van der Waals surface area contributed by atoms with Crippen molar-refractivity contribution in [3.8, 4) is 11.4 Å². The summed E-state index contributed by atoms with van der Waals surface area (Å²) >= 11 is 0. The summed E-state index contributed by atoms with van der Waals surface area (Å²) in [5.74, 6) is -0.711. The number of para-hydroxylation sites is 1. The van der Waals surface area contributed by atoms with Crippen LogP contribution in [-0.2, 0) is 12.0 Å². The van der Waals surface area contributed by atoms with Gasteiger partial charge in [-0.25, -0.2) is 4.98 Å². The van der Waals surface area contributed by atoms with Gasteiger partial charge in [-0.3, -0.25) is 9.36 Å². The van der Waals surface area contributed by atoms with Gasteiger partial charge in [-0.2, -0.15) is 26.3 Å². The molecule has 0 fully saturated rings. The largest absolute Gasteiger partial charge is 0.496 e. The molecule has 11 heteroatoms. The fourth-order valence-electron chi connectivity index (χ4n) is 3.93. The number of aromatic nitrogens is 2. The van der Waals surface area contributed by atoms with E-state index in [0.717, 1.165) is 29.4 Å². The van der Waals surface area contributed by atoms with Crippen molar-refractivity contribution in [3.63, 3.8) is 0 Å². The number of alkyl halides is 6. The van der Waals surface area contributed by atoms with Crippen LogP contribution in [0, 0.1) is 0 Å². The van der Waals surface area contributed by atoms with Gasteiger partial charge in [0, 0.05) is 18.1 Å². The molecular formula is C25H18F6N2O3. The van der Waals surface area contributed by atoms with Gasteiger partial charge in [0.15, 0.2) is 0 Å². The summed E-state index contributed by atoms with van der Waals surface area (Å²) in [4.78, 5) is 17.9. The molecule has 0 aliphatic heterocycles. The minimum absolute atomic E-state index is 0.0866. The second kappa shape index (κ2) is 8.98. The van der Waals surface area contributed by atoms with E-state index in [0.29, 0.717) is 11.6 Å². The van der Waals surface area contributed by atoms with Crippen LogP contribution in [0.15, 0.2) is 77.6 Å². The van der Waals surface area contributed by atoms with Gasteiger partial charge in [0.2, 0.25) is 0 Å².